The van der Waals surface area contributed by atoms with Crippen LogP contribution in [-0.4, -0.2) is 15.0 Å². The Labute approximate surface area is 274 Å². The molecule has 5 nitrogen and oxygen atoms in total. The minimum absolute atomic E-state index is 0.588. The summed E-state index contributed by atoms with van der Waals surface area (Å²) in [7, 11) is 0. The fourth-order valence-corrected chi connectivity index (χ4v) is 6.88. The second-order valence-electron chi connectivity index (χ2n) is 12.0. The summed E-state index contributed by atoms with van der Waals surface area (Å²) >= 11 is 0. The van der Waals surface area contributed by atoms with Crippen molar-refractivity contribution in [2.24, 2.45) is 0 Å². The molecule has 0 spiro atoms. The zero-order chi connectivity index (χ0) is 31.6. The molecule has 10 aromatic rings. The molecule has 0 aliphatic rings. The monoisotopic (exact) mass is 615 g/mol. The normalized spacial score (nSPS) is 11.8. The van der Waals surface area contributed by atoms with E-state index in [4.69, 9.17) is 23.8 Å². The predicted octanol–water partition coefficient (Wildman–Crippen LogP) is 11.5. The Balaban J connectivity index is 1.21. The minimum Gasteiger partial charge on any atom is -0.455 e. The third-order valence-corrected chi connectivity index (χ3v) is 9.13. The summed E-state index contributed by atoms with van der Waals surface area (Å²) in [5, 5.41) is 6.42. The van der Waals surface area contributed by atoms with Crippen LogP contribution in [0.4, 0.5) is 0 Å². The number of hydrogen-bond acceptors (Lipinski definition) is 5. The highest BCUT2D eigenvalue weighted by Crippen LogP contribution is 2.43. The van der Waals surface area contributed by atoms with E-state index in [0.717, 1.165) is 77.1 Å². The van der Waals surface area contributed by atoms with Gasteiger partial charge in [-0.25, -0.2) is 15.0 Å². The van der Waals surface area contributed by atoms with E-state index in [-0.39, 0.29) is 0 Å². The average molecular weight is 616 g/mol. The Morgan fingerprint density at radius 1 is 0.354 bits per heavy atom. The van der Waals surface area contributed by atoms with Crippen molar-refractivity contribution >= 4 is 54.6 Å². The maximum atomic E-state index is 6.69. The lowest BCUT2D eigenvalue weighted by molar-refractivity contribution is 0.665. The molecule has 0 saturated heterocycles. The summed E-state index contributed by atoms with van der Waals surface area (Å²) in [6.07, 6.45) is 0. The van der Waals surface area contributed by atoms with Gasteiger partial charge in [-0.05, 0) is 29.0 Å². The second kappa shape index (κ2) is 10.5. The zero-order valence-corrected chi connectivity index (χ0v) is 25.6. The number of rotatable bonds is 4. The highest BCUT2D eigenvalue weighted by atomic mass is 16.3. The van der Waals surface area contributed by atoms with Gasteiger partial charge in [0.25, 0.3) is 0 Å². The van der Waals surface area contributed by atoms with Crippen LogP contribution in [0.2, 0.25) is 0 Å². The van der Waals surface area contributed by atoms with Crippen molar-refractivity contribution in [3.63, 3.8) is 0 Å². The van der Waals surface area contributed by atoms with Crippen LogP contribution in [-0.2, 0) is 0 Å². The molecule has 0 unspecified atom stereocenters. The molecule has 3 aromatic heterocycles. The number of para-hydroxylation sites is 3. The first-order chi connectivity index (χ1) is 23.8. The molecule has 0 bridgehead atoms. The molecule has 0 fully saturated rings. The van der Waals surface area contributed by atoms with Crippen molar-refractivity contribution in [1.29, 1.82) is 0 Å². The van der Waals surface area contributed by atoms with Crippen molar-refractivity contribution in [3.8, 4) is 45.3 Å². The molecule has 0 saturated carbocycles. The van der Waals surface area contributed by atoms with Crippen LogP contribution >= 0.6 is 0 Å². The van der Waals surface area contributed by atoms with Gasteiger partial charge in [-0.3, -0.25) is 0 Å². The molecule has 3 heterocycles. The summed E-state index contributed by atoms with van der Waals surface area (Å²) < 4.78 is 13.1. The highest BCUT2D eigenvalue weighted by molar-refractivity contribution is 6.17. The lowest BCUT2D eigenvalue weighted by Crippen LogP contribution is -2.00. The molecular weight excluding hydrogens is 590 g/mol. The Bertz CT molecular complexity index is 2850. The van der Waals surface area contributed by atoms with Gasteiger partial charge < -0.3 is 8.83 Å². The van der Waals surface area contributed by atoms with Gasteiger partial charge in [-0.2, -0.15) is 0 Å². The molecular formula is C43H25N3O2. The molecule has 0 N–H and O–H groups in total. The number of benzene rings is 7. The van der Waals surface area contributed by atoms with Crippen LogP contribution in [0, 0.1) is 0 Å². The van der Waals surface area contributed by atoms with Crippen LogP contribution in [0.1, 0.15) is 0 Å². The van der Waals surface area contributed by atoms with E-state index in [1.54, 1.807) is 0 Å². The van der Waals surface area contributed by atoms with Crippen LogP contribution in [0.25, 0.3) is 99.9 Å². The van der Waals surface area contributed by atoms with Crippen molar-refractivity contribution < 1.29 is 8.83 Å². The summed E-state index contributed by atoms with van der Waals surface area (Å²) in [6, 6.07) is 51.5. The third-order valence-electron chi connectivity index (χ3n) is 9.13. The van der Waals surface area contributed by atoms with Gasteiger partial charge >= 0.3 is 0 Å². The first-order valence-corrected chi connectivity index (χ1v) is 15.9. The molecule has 0 aliphatic carbocycles. The van der Waals surface area contributed by atoms with E-state index in [1.807, 2.05) is 66.7 Å². The summed E-state index contributed by atoms with van der Waals surface area (Å²) in [4.78, 5) is 15.2. The van der Waals surface area contributed by atoms with Gasteiger partial charge in [0.1, 0.15) is 22.3 Å². The largest absolute Gasteiger partial charge is 0.455 e. The molecule has 5 heteroatoms. The Kier molecular flexibility index (Phi) is 5.81. The van der Waals surface area contributed by atoms with E-state index in [1.165, 1.54) is 5.39 Å². The van der Waals surface area contributed by atoms with Crippen LogP contribution < -0.4 is 0 Å². The molecule has 0 atom stereocenters. The first-order valence-electron chi connectivity index (χ1n) is 15.9. The van der Waals surface area contributed by atoms with Gasteiger partial charge in [-0.15, -0.1) is 0 Å². The van der Waals surface area contributed by atoms with Gasteiger partial charge in [0.2, 0.25) is 0 Å². The third kappa shape index (κ3) is 4.15. The molecule has 0 radical (unpaired) electrons. The van der Waals surface area contributed by atoms with Crippen LogP contribution in [0.15, 0.2) is 160 Å². The number of nitrogens with zero attached hydrogens (tertiary/aromatic N) is 3. The topological polar surface area (TPSA) is 65.0 Å². The lowest BCUT2D eigenvalue weighted by Gasteiger charge is -2.10. The van der Waals surface area contributed by atoms with Crippen molar-refractivity contribution in [2.75, 3.05) is 0 Å². The fourth-order valence-electron chi connectivity index (χ4n) is 6.88. The maximum absolute atomic E-state index is 6.69. The second-order valence-corrected chi connectivity index (χ2v) is 12.0. The molecule has 7 aromatic carbocycles. The van der Waals surface area contributed by atoms with Crippen LogP contribution in [0.3, 0.4) is 0 Å². The maximum Gasteiger partial charge on any atom is 0.164 e. The summed E-state index contributed by atoms with van der Waals surface area (Å²) in [6.45, 7) is 0. The zero-order valence-electron chi connectivity index (χ0n) is 25.6. The quantitative estimate of drug-likeness (QED) is 0.197. The Hall–Kier alpha value is -6.59. The first kappa shape index (κ1) is 26.6. The van der Waals surface area contributed by atoms with Crippen molar-refractivity contribution in [3.05, 3.63) is 152 Å². The molecule has 0 amide bonds. The van der Waals surface area contributed by atoms with Gasteiger partial charge in [0, 0.05) is 49.4 Å². The van der Waals surface area contributed by atoms with E-state index in [0.29, 0.717) is 17.5 Å². The van der Waals surface area contributed by atoms with Gasteiger partial charge in [-0.1, -0.05) is 133 Å². The predicted molar refractivity (Wildman–Crippen MR) is 194 cm³/mol. The number of furan rings is 2. The van der Waals surface area contributed by atoms with E-state index < -0.39 is 0 Å². The number of fused-ring (bicyclic) bond motifs is 7. The average Bonchev–Trinajstić information content (AvgIpc) is 3.74. The summed E-state index contributed by atoms with van der Waals surface area (Å²) in [5.41, 5.74) is 7.96. The molecule has 10 rings (SSSR count). The van der Waals surface area contributed by atoms with E-state index in [2.05, 4.69) is 84.9 Å². The highest BCUT2D eigenvalue weighted by Gasteiger charge is 2.21. The van der Waals surface area contributed by atoms with Crippen molar-refractivity contribution in [1.82, 2.24) is 15.0 Å². The lowest BCUT2D eigenvalue weighted by atomic mass is 9.98. The smallest absolute Gasteiger partial charge is 0.164 e. The standard InChI is InChI=1S/C43H25N3O2/c1-2-12-27(13-3-1)41-44-42(29-24-23-26-11-4-5-14-28(26)25-29)46-43(45-41)35-20-10-22-37-38(35)34-19-9-18-33(40(34)48-37)32-17-8-16-31-30-15-6-7-21-36(30)47-39(31)32/h1-25H. The molecule has 224 valence electrons. The van der Waals surface area contributed by atoms with Crippen molar-refractivity contribution in [2.45, 2.75) is 0 Å². The number of hydrogen-bond donors (Lipinski definition) is 0. The SMILES string of the molecule is c1ccc(-c2nc(-c3ccc4ccccc4c3)nc(-c3cccc4oc5c(-c6cccc7c6oc6ccccc67)cccc5c34)n2)cc1. The molecule has 48 heavy (non-hydrogen) atoms. The Morgan fingerprint density at radius 3 is 1.79 bits per heavy atom. The molecule has 0 aliphatic heterocycles. The van der Waals surface area contributed by atoms with Crippen LogP contribution in [0.5, 0.6) is 0 Å². The fraction of sp³-hybridized carbons (Fsp3) is 0. The summed E-state index contributed by atoms with van der Waals surface area (Å²) in [5.74, 6) is 1.82. The minimum atomic E-state index is 0.588. The van der Waals surface area contributed by atoms with Gasteiger partial charge in [0.15, 0.2) is 17.5 Å². The van der Waals surface area contributed by atoms with E-state index in [9.17, 15) is 0 Å². The van der Waals surface area contributed by atoms with E-state index >= 15 is 0 Å². The van der Waals surface area contributed by atoms with Gasteiger partial charge in [0.05, 0.1) is 0 Å². The Morgan fingerprint density at radius 2 is 0.938 bits per heavy atom. The number of aromatic nitrogens is 3.